The van der Waals surface area contributed by atoms with Crippen molar-refractivity contribution in [1.29, 1.82) is 0 Å². The summed E-state index contributed by atoms with van der Waals surface area (Å²) < 4.78 is 7.23. The van der Waals surface area contributed by atoms with Crippen molar-refractivity contribution >= 4 is 5.96 Å². The molecule has 3 rings (SSSR count). The minimum absolute atomic E-state index is 0.578. The molecule has 1 atom stereocenters. The van der Waals surface area contributed by atoms with Crippen molar-refractivity contribution in [2.45, 2.75) is 58.7 Å². The van der Waals surface area contributed by atoms with E-state index in [0.717, 1.165) is 48.4 Å². The smallest absolute Gasteiger partial charge is 0.191 e. The van der Waals surface area contributed by atoms with Crippen LogP contribution < -0.4 is 15.4 Å². The lowest BCUT2D eigenvalue weighted by Gasteiger charge is -2.33. The number of rotatable bonds is 9. The van der Waals surface area contributed by atoms with Crippen LogP contribution in [0.25, 0.3) is 0 Å². The summed E-state index contributed by atoms with van der Waals surface area (Å²) in [5.74, 6) is 3.44. The minimum Gasteiger partial charge on any atom is -0.497 e. The van der Waals surface area contributed by atoms with E-state index in [0.29, 0.717) is 19.1 Å². The molecule has 0 amide bonds. The van der Waals surface area contributed by atoms with Crippen molar-refractivity contribution < 1.29 is 4.74 Å². The minimum atomic E-state index is 0.578. The van der Waals surface area contributed by atoms with Crippen molar-refractivity contribution in [1.82, 2.24) is 30.3 Å². The second-order valence-electron chi connectivity index (χ2n) is 8.25. The number of hydrogen-bond acceptors (Lipinski definition) is 5. The second-order valence-corrected chi connectivity index (χ2v) is 8.25. The van der Waals surface area contributed by atoms with E-state index in [4.69, 9.17) is 9.73 Å². The number of likely N-dealkylation sites (tertiary alicyclic amines) is 1. The van der Waals surface area contributed by atoms with Gasteiger partial charge in [0.1, 0.15) is 11.6 Å². The van der Waals surface area contributed by atoms with Gasteiger partial charge in [0.15, 0.2) is 11.8 Å². The van der Waals surface area contributed by atoms with E-state index in [2.05, 4.69) is 32.7 Å². The van der Waals surface area contributed by atoms with Crippen LogP contribution in [0, 0.1) is 6.92 Å². The highest BCUT2D eigenvalue weighted by Gasteiger charge is 2.17. The van der Waals surface area contributed by atoms with Gasteiger partial charge in [-0.15, -0.1) is 10.2 Å². The Morgan fingerprint density at radius 3 is 2.68 bits per heavy atom. The zero-order valence-electron chi connectivity index (χ0n) is 19.4. The van der Waals surface area contributed by atoms with Crippen LogP contribution in [-0.4, -0.2) is 58.4 Å². The van der Waals surface area contributed by atoms with Crippen LogP contribution in [-0.2, 0) is 20.1 Å². The number of guanidine groups is 1. The third-order valence-electron chi connectivity index (χ3n) is 6.03. The van der Waals surface area contributed by atoms with Gasteiger partial charge in [0.05, 0.1) is 20.2 Å². The molecule has 8 heteroatoms. The highest BCUT2D eigenvalue weighted by molar-refractivity contribution is 5.79. The molecule has 0 saturated carbocycles. The predicted octanol–water partition coefficient (Wildman–Crippen LogP) is 2.63. The van der Waals surface area contributed by atoms with Gasteiger partial charge in [0.25, 0.3) is 0 Å². The van der Waals surface area contributed by atoms with E-state index in [9.17, 15) is 0 Å². The summed E-state index contributed by atoms with van der Waals surface area (Å²) in [6.07, 6.45) is 5.10. The topological polar surface area (TPSA) is 79.6 Å². The summed E-state index contributed by atoms with van der Waals surface area (Å²) in [5, 5.41) is 15.3. The first-order valence-corrected chi connectivity index (χ1v) is 11.3. The summed E-state index contributed by atoms with van der Waals surface area (Å²) in [6, 6.07) is 8.73. The number of methoxy groups -OCH3 is 1. The fourth-order valence-corrected chi connectivity index (χ4v) is 3.82. The second kappa shape index (κ2) is 11.7. The highest BCUT2D eigenvalue weighted by atomic mass is 16.5. The van der Waals surface area contributed by atoms with Gasteiger partial charge in [-0.3, -0.25) is 0 Å². The van der Waals surface area contributed by atoms with Crippen molar-refractivity contribution in [2.75, 3.05) is 26.7 Å². The van der Waals surface area contributed by atoms with Gasteiger partial charge < -0.3 is 24.8 Å². The third-order valence-corrected chi connectivity index (χ3v) is 6.03. The molecule has 31 heavy (non-hydrogen) atoms. The van der Waals surface area contributed by atoms with E-state index in [1.807, 2.05) is 42.8 Å². The summed E-state index contributed by atoms with van der Waals surface area (Å²) in [5.41, 5.74) is 1.14. The number of aryl methyl sites for hydroxylation is 1. The lowest BCUT2D eigenvalue weighted by molar-refractivity contribution is 0.159. The molecule has 0 spiro atoms. The number of benzene rings is 1. The van der Waals surface area contributed by atoms with Crippen LogP contribution in [0.1, 0.15) is 49.8 Å². The van der Waals surface area contributed by atoms with E-state index >= 15 is 0 Å². The number of ether oxygens (including phenoxy) is 1. The molecule has 2 N–H and O–H groups in total. The average molecular weight is 428 g/mol. The zero-order chi connectivity index (χ0) is 22.1. The molecule has 8 nitrogen and oxygen atoms in total. The van der Waals surface area contributed by atoms with Gasteiger partial charge in [0, 0.05) is 26.2 Å². The number of piperidine rings is 1. The quantitative estimate of drug-likeness (QED) is 0.364. The Kier molecular flexibility index (Phi) is 8.70. The fourth-order valence-electron chi connectivity index (χ4n) is 3.82. The number of nitrogens with one attached hydrogen (secondary N) is 2. The van der Waals surface area contributed by atoms with Gasteiger partial charge in [-0.2, -0.15) is 0 Å². The maximum absolute atomic E-state index is 5.24. The molecule has 1 aromatic heterocycles. The lowest BCUT2D eigenvalue weighted by Crippen LogP contribution is -2.41. The van der Waals surface area contributed by atoms with Gasteiger partial charge in [-0.1, -0.05) is 18.6 Å². The zero-order valence-corrected chi connectivity index (χ0v) is 19.4. The Balaban J connectivity index is 1.55. The van der Waals surface area contributed by atoms with Crippen LogP contribution >= 0.6 is 0 Å². The third kappa shape index (κ3) is 6.95. The Hall–Kier alpha value is -2.61. The van der Waals surface area contributed by atoms with E-state index < -0.39 is 0 Å². The molecule has 1 saturated heterocycles. The van der Waals surface area contributed by atoms with Crippen LogP contribution in [0.4, 0.5) is 0 Å². The number of aromatic nitrogens is 3. The first kappa shape index (κ1) is 23.1. The molecular formula is C23H37N7O. The van der Waals surface area contributed by atoms with E-state index in [-0.39, 0.29) is 0 Å². The largest absolute Gasteiger partial charge is 0.497 e. The standard InChI is InChI=1S/C23H37N7O/c1-18-8-5-6-14-30(18)15-7-13-24-23(26-17-22-28-27-19(2)29(22)3)25-16-20-9-11-21(31-4)12-10-20/h9-12,18H,5-8,13-17H2,1-4H3,(H2,24,25,26). The molecule has 1 aliphatic rings. The molecule has 0 aliphatic carbocycles. The van der Waals surface area contributed by atoms with Gasteiger partial charge in [-0.05, 0) is 57.4 Å². The first-order chi connectivity index (χ1) is 15.1. The molecule has 1 unspecified atom stereocenters. The molecule has 0 bridgehead atoms. The summed E-state index contributed by atoms with van der Waals surface area (Å²) in [6.45, 7) is 8.71. The highest BCUT2D eigenvalue weighted by Crippen LogP contribution is 2.16. The molecule has 1 aliphatic heterocycles. The molecule has 170 valence electrons. The number of aliphatic imine (C=N–C) groups is 1. The molecular weight excluding hydrogens is 390 g/mol. The average Bonchev–Trinajstić information content (AvgIpc) is 3.11. The Bertz CT molecular complexity index is 831. The van der Waals surface area contributed by atoms with Gasteiger partial charge in [-0.25, -0.2) is 4.99 Å². The summed E-state index contributed by atoms with van der Waals surface area (Å²) in [4.78, 5) is 7.39. The first-order valence-electron chi connectivity index (χ1n) is 11.3. The Morgan fingerprint density at radius 1 is 1.19 bits per heavy atom. The molecule has 2 heterocycles. The van der Waals surface area contributed by atoms with Crippen LogP contribution in [0.2, 0.25) is 0 Å². The fraction of sp³-hybridized carbons (Fsp3) is 0.609. The molecule has 1 fully saturated rings. The van der Waals surface area contributed by atoms with Crippen molar-refractivity contribution in [3.63, 3.8) is 0 Å². The summed E-state index contributed by atoms with van der Waals surface area (Å²) in [7, 11) is 3.66. The molecule has 0 radical (unpaired) electrons. The monoisotopic (exact) mass is 427 g/mol. The van der Waals surface area contributed by atoms with E-state index in [1.165, 1.54) is 25.8 Å². The molecule has 2 aromatic rings. The van der Waals surface area contributed by atoms with Crippen molar-refractivity contribution in [3.8, 4) is 5.75 Å². The van der Waals surface area contributed by atoms with Gasteiger partial charge >= 0.3 is 0 Å². The Morgan fingerprint density at radius 2 is 2.00 bits per heavy atom. The maximum Gasteiger partial charge on any atom is 0.191 e. The Labute approximate surface area is 186 Å². The molecule has 1 aromatic carbocycles. The lowest BCUT2D eigenvalue weighted by atomic mass is 10.0. The van der Waals surface area contributed by atoms with Crippen molar-refractivity contribution in [3.05, 3.63) is 41.5 Å². The van der Waals surface area contributed by atoms with Crippen LogP contribution in [0.5, 0.6) is 5.75 Å². The predicted molar refractivity (Wildman–Crippen MR) is 124 cm³/mol. The number of hydrogen-bond donors (Lipinski definition) is 2. The summed E-state index contributed by atoms with van der Waals surface area (Å²) >= 11 is 0. The normalized spacial score (nSPS) is 17.5. The van der Waals surface area contributed by atoms with E-state index in [1.54, 1.807) is 7.11 Å². The SMILES string of the molecule is COc1ccc(CN=C(NCCCN2CCCCC2C)NCc2nnc(C)n2C)cc1. The number of nitrogens with zero attached hydrogens (tertiary/aromatic N) is 5. The maximum atomic E-state index is 5.24. The van der Waals surface area contributed by atoms with Crippen LogP contribution in [0.3, 0.4) is 0 Å². The van der Waals surface area contributed by atoms with Crippen molar-refractivity contribution in [2.24, 2.45) is 12.0 Å². The van der Waals surface area contributed by atoms with Gasteiger partial charge in [0.2, 0.25) is 0 Å². The van der Waals surface area contributed by atoms with Crippen LogP contribution in [0.15, 0.2) is 29.3 Å².